The van der Waals surface area contributed by atoms with Gasteiger partial charge in [-0.25, -0.2) is 18.4 Å². The molecule has 2 heterocycles. The topological polar surface area (TPSA) is 81.2 Å². The number of sulfone groups is 1. The maximum atomic E-state index is 11.7. The first-order valence-electron chi connectivity index (χ1n) is 9.11. The van der Waals surface area contributed by atoms with Crippen LogP contribution in [0.25, 0.3) is 22.3 Å². The fourth-order valence-electron chi connectivity index (χ4n) is 2.82. The third-order valence-electron chi connectivity index (χ3n) is 3.81. The number of thiazole rings is 1. The average molecular weight is 420 g/mol. The van der Waals surface area contributed by atoms with Crippen molar-refractivity contribution in [2.45, 2.75) is 45.6 Å². The summed E-state index contributed by atoms with van der Waals surface area (Å²) in [5.41, 5.74) is 2.86. The summed E-state index contributed by atoms with van der Waals surface area (Å²) in [6.45, 7) is 8.06. The van der Waals surface area contributed by atoms with Crippen LogP contribution in [0, 0.1) is 0 Å². The van der Waals surface area contributed by atoms with Gasteiger partial charge in [0, 0.05) is 29.1 Å². The van der Waals surface area contributed by atoms with E-state index < -0.39 is 9.84 Å². The molecule has 150 valence electrons. The van der Waals surface area contributed by atoms with E-state index in [4.69, 9.17) is 9.72 Å². The minimum atomic E-state index is -3.12. The molecule has 6 nitrogen and oxygen atoms in total. The first-order valence-corrected chi connectivity index (χ1v) is 12.1. The normalized spacial score (nSPS) is 12.1. The van der Waals surface area contributed by atoms with Gasteiger partial charge in [-0.15, -0.1) is 11.3 Å². The number of benzene rings is 1. The molecule has 0 fully saturated rings. The summed E-state index contributed by atoms with van der Waals surface area (Å²) in [6, 6.07) is 7.68. The Kier molecular flexibility index (Phi) is 5.90. The molecule has 0 radical (unpaired) electrons. The van der Waals surface area contributed by atoms with Gasteiger partial charge in [-0.3, -0.25) is 0 Å². The number of nitrogens with zero attached hydrogens (tertiary/aromatic N) is 2. The van der Waals surface area contributed by atoms with E-state index in [1.807, 2.05) is 43.5 Å². The van der Waals surface area contributed by atoms with Crippen LogP contribution >= 0.6 is 11.3 Å². The largest absolute Gasteiger partial charge is 0.490 e. The Labute approximate surface area is 169 Å². The zero-order chi connectivity index (χ0) is 20.5. The van der Waals surface area contributed by atoms with Gasteiger partial charge in [0.15, 0.2) is 15.0 Å². The Hall–Kier alpha value is -2.19. The van der Waals surface area contributed by atoms with Crippen LogP contribution in [-0.4, -0.2) is 36.8 Å². The highest BCUT2D eigenvalue weighted by Crippen LogP contribution is 2.33. The van der Waals surface area contributed by atoms with Crippen molar-refractivity contribution in [1.82, 2.24) is 9.97 Å². The van der Waals surface area contributed by atoms with Crippen molar-refractivity contribution < 1.29 is 13.2 Å². The number of fused-ring (bicyclic) bond motifs is 1. The molecule has 2 aromatic heterocycles. The second kappa shape index (κ2) is 8.05. The van der Waals surface area contributed by atoms with E-state index in [1.54, 1.807) is 0 Å². The number of anilines is 1. The monoisotopic (exact) mass is 419 g/mol. The second-order valence-corrected chi connectivity index (χ2v) is 10.4. The lowest BCUT2D eigenvalue weighted by Gasteiger charge is -2.14. The molecule has 0 aliphatic heterocycles. The summed E-state index contributed by atoms with van der Waals surface area (Å²) in [6.07, 6.45) is 1.23. The molecule has 0 amide bonds. The highest BCUT2D eigenvalue weighted by Gasteiger charge is 2.14. The lowest BCUT2D eigenvalue weighted by atomic mass is 10.1. The molecule has 8 heteroatoms. The minimum Gasteiger partial charge on any atom is -0.490 e. The molecule has 0 bridgehead atoms. The van der Waals surface area contributed by atoms with Gasteiger partial charge in [-0.05, 0) is 45.4 Å². The average Bonchev–Trinajstić information content (AvgIpc) is 3.00. The predicted octanol–water partition coefficient (Wildman–Crippen LogP) is 4.51. The third-order valence-corrected chi connectivity index (χ3v) is 5.44. The SMILES string of the molecule is CC(C)Nc1nc(-c2cc(OC(C)C)c3ccc(CS(C)(=O)=O)cc3n2)cs1. The number of nitrogens with one attached hydrogen (secondary N) is 1. The number of hydrogen-bond donors (Lipinski definition) is 1. The van der Waals surface area contributed by atoms with Gasteiger partial charge in [0.25, 0.3) is 0 Å². The molecule has 0 aliphatic rings. The molecule has 0 unspecified atom stereocenters. The van der Waals surface area contributed by atoms with Crippen LogP contribution in [0.15, 0.2) is 29.6 Å². The molecular weight excluding hydrogens is 394 g/mol. The Morgan fingerprint density at radius 1 is 1.11 bits per heavy atom. The van der Waals surface area contributed by atoms with Crippen LogP contribution in [0.2, 0.25) is 0 Å². The Bertz CT molecular complexity index is 1090. The summed E-state index contributed by atoms with van der Waals surface area (Å²) in [4.78, 5) is 9.36. The van der Waals surface area contributed by atoms with Gasteiger partial charge >= 0.3 is 0 Å². The smallest absolute Gasteiger partial charge is 0.183 e. The van der Waals surface area contributed by atoms with Crippen LogP contribution in [0.5, 0.6) is 5.75 Å². The van der Waals surface area contributed by atoms with Crippen LogP contribution in [-0.2, 0) is 15.6 Å². The van der Waals surface area contributed by atoms with E-state index in [0.29, 0.717) is 28.6 Å². The molecule has 1 aromatic carbocycles. The van der Waals surface area contributed by atoms with Crippen LogP contribution < -0.4 is 10.1 Å². The van der Waals surface area contributed by atoms with E-state index in [2.05, 4.69) is 24.1 Å². The van der Waals surface area contributed by atoms with Crippen molar-refractivity contribution in [1.29, 1.82) is 0 Å². The first kappa shape index (κ1) is 20.5. The predicted molar refractivity (Wildman–Crippen MR) is 116 cm³/mol. The molecule has 0 spiro atoms. The Balaban J connectivity index is 2.10. The third kappa shape index (κ3) is 5.20. The Morgan fingerprint density at radius 3 is 2.50 bits per heavy atom. The van der Waals surface area contributed by atoms with E-state index in [-0.39, 0.29) is 11.9 Å². The van der Waals surface area contributed by atoms with E-state index in [0.717, 1.165) is 16.2 Å². The lowest BCUT2D eigenvalue weighted by molar-refractivity contribution is 0.245. The van der Waals surface area contributed by atoms with E-state index in [9.17, 15) is 8.42 Å². The number of ether oxygens (including phenoxy) is 1. The lowest BCUT2D eigenvalue weighted by Crippen LogP contribution is -2.09. The van der Waals surface area contributed by atoms with Gasteiger partial charge in [-0.2, -0.15) is 0 Å². The molecule has 3 rings (SSSR count). The van der Waals surface area contributed by atoms with Crippen molar-refractivity contribution in [2.75, 3.05) is 11.6 Å². The summed E-state index contributed by atoms with van der Waals surface area (Å²) in [7, 11) is -3.12. The van der Waals surface area contributed by atoms with Crippen molar-refractivity contribution in [3.05, 3.63) is 35.2 Å². The van der Waals surface area contributed by atoms with E-state index >= 15 is 0 Å². The molecule has 0 saturated carbocycles. The molecule has 28 heavy (non-hydrogen) atoms. The van der Waals surface area contributed by atoms with Gasteiger partial charge in [-0.1, -0.05) is 6.07 Å². The van der Waals surface area contributed by atoms with Crippen molar-refractivity contribution in [3.63, 3.8) is 0 Å². The van der Waals surface area contributed by atoms with Gasteiger partial charge in [0.05, 0.1) is 23.1 Å². The Morgan fingerprint density at radius 2 is 1.86 bits per heavy atom. The zero-order valence-electron chi connectivity index (χ0n) is 16.7. The maximum Gasteiger partial charge on any atom is 0.183 e. The van der Waals surface area contributed by atoms with Crippen molar-refractivity contribution in [3.8, 4) is 17.1 Å². The standard InChI is InChI=1S/C20H25N3O3S2/c1-12(2)21-20-23-18(10-27-20)17-9-19(26-13(3)4)15-7-6-14(8-16(15)22-17)11-28(5,24)25/h6-10,12-13H,11H2,1-5H3,(H,21,23). The summed E-state index contributed by atoms with van der Waals surface area (Å²) in [5.74, 6) is 0.696. The zero-order valence-corrected chi connectivity index (χ0v) is 18.3. The maximum absolute atomic E-state index is 11.7. The minimum absolute atomic E-state index is 0.00255. The van der Waals surface area contributed by atoms with E-state index in [1.165, 1.54) is 17.6 Å². The molecule has 0 aliphatic carbocycles. The number of aromatic nitrogens is 2. The molecular formula is C20H25N3O3S2. The van der Waals surface area contributed by atoms with Crippen LogP contribution in [0.1, 0.15) is 33.3 Å². The summed E-state index contributed by atoms with van der Waals surface area (Å²) in [5, 5.41) is 6.94. The molecule has 1 N–H and O–H groups in total. The second-order valence-electron chi connectivity index (χ2n) is 7.43. The fraction of sp³-hybridized carbons (Fsp3) is 0.400. The van der Waals surface area contributed by atoms with Gasteiger partial charge < -0.3 is 10.1 Å². The molecule has 3 aromatic rings. The fourth-order valence-corrected chi connectivity index (χ4v) is 4.46. The number of rotatable bonds is 7. The van der Waals surface area contributed by atoms with Crippen LogP contribution in [0.4, 0.5) is 5.13 Å². The highest BCUT2D eigenvalue weighted by molar-refractivity contribution is 7.89. The quantitative estimate of drug-likeness (QED) is 0.607. The van der Waals surface area contributed by atoms with Gasteiger partial charge in [0.1, 0.15) is 11.4 Å². The van der Waals surface area contributed by atoms with Gasteiger partial charge in [0.2, 0.25) is 0 Å². The first-order chi connectivity index (χ1) is 13.1. The van der Waals surface area contributed by atoms with Crippen LogP contribution in [0.3, 0.4) is 0 Å². The molecule has 0 saturated heterocycles. The highest BCUT2D eigenvalue weighted by atomic mass is 32.2. The summed E-state index contributed by atoms with van der Waals surface area (Å²) >= 11 is 1.53. The molecule has 0 atom stereocenters. The van der Waals surface area contributed by atoms with Crippen molar-refractivity contribution in [2.24, 2.45) is 0 Å². The number of hydrogen-bond acceptors (Lipinski definition) is 7. The summed E-state index contributed by atoms with van der Waals surface area (Å²) < 4.78 is 29.3. The van der Waals surface area contributed by atoms with Crippen molar-refractivity contribution >= 4 is 37.2 Å². The number of pyridine rings is 1.